The molecule has 0 saturated heterocycles. The van der Waals surface area contributed by atoms with Crippen molar-refractivity contribution in [3.05, 3.63) is 303 Å². The Kier molecular flexibility index (Phi) is 22.0. The van der Waals surface area contributed by atoms with Gasteiger partial charge in [0.2, 0.25) is 0 Å². The molecule has 484 valence electrons. The largest absolute Gasteiger partial charge is 1.00 e. The van der Waals surface area contributed by atoms with Crippen LogP contribution in [0.25, 0.3) is 136 Å². The Labute approximate surface area is 591 Å². The summed E-state index contributed by atoms with van der Waals surface area (Å²) in [7, 11) is 0. The molecule has 0 saturated carbocycles. The van der Waals surface area contributed by atoms with Crippen LogP contribution in [0.1, 0.15) is 21.0 Å². The van der Waals surface area contributed by atoms with Gasteiger partial charge in [-0.3, -0.25) is 30.6 Å². The average molecular weight is 1470 g/mol. The average Bonchev–Trinajstić information content (AvgIpc) is 2.03. The van der Waals surface area contributed by atoms with Crippen molar-refractivity contribution in [3.63, 3.8) is 0 Å². The second-order valence-electron chi connectivity index (χ2n) is 21.4. The number of carbonyl (C=O) groups is 2. The van der Waals surface area contributed by atoms with Crippen molar-refractivity contribution >= 4 is 11.9 Å². The van der Waals surface area contributed by atoms with Crippen LogP contribution in [0.5, 0.6) is 0 Å². The van der Waals surface area contributed by atoms with E-state index in [0.717, 1.165) is 113 Å². The molecule has 0 amide bonds. The zero-order valence-corrected chi connectivity index (χ0v) is 54.4. The van der Waals surface area contributed by atoms with E-state index in [2.05, 4.69) is 71.2 Å². The number of hydrogen-bond acceptors (Lipinski definition) is 14. The van der Waals surface area contributed by atoms with Crippen LogP contribution in [0.15, 0.2) is 291 Å². The van der Waals surface area contributed by atoms with Crippen LogP contribution in [0, 0.1) is 0 Å². The Hall–Kier alpha value is -12.4. The molecule has 0 unspecified atom stereocenters. The first-order valence-electron chi connectivity index (χ1n) is 30.2. The van der Waals surface area contributed by atoms with E-state index >= 15 is 0 Å². The van der Waals surface area contributed by atoms with Crippen LogP contribution in [0.4, 0.5) is 0 Å². The third-order valence-corrected chi connectivity index (χ3v) is 15.0. The second kappa shape index (κ2) is 32.2. The van der Waals surface area contributed by atoms with Crippen molar-refractivity contribution in [1.82, 2.24) is 81.1 Å². The summed E-state index contributed by atoms with van der Waals surface area (Å²) in [5.41, 5.74) is 20.4. The van der Waals surface area contributed by atoms with E-state index in [4.69, 9.17) is 9.97 Å². The number of carbonyl (C=O) groups excluding carboxylic acids is 2. The Morgan fingerprint density at radius 3 is 0.694 bits per heavy atom. The van der Waals surface area contributed by atoms with Crippen molar-refractivity contribution in [2.45, 2.75) is 0 Å². The molecule has 10 aromatic heterocycles. The van der Waals surface area contributed by atoms with E-state index in [1.54, 1.807) is 24.3 Å². The third kappa shape index (κ3) is 16.6. The van der Waals surface area contributed by atoms with Crippen molar-refractivity contribution in [3.8, 4) is 136 Å². The molecule has 0 aliphatic carbocycles. The van der Waals surface area contributed by atoms with Crippen molar-refractivity contribution in [2.75, 3.05) is 0 Å². The van der Waals surface area contributed by atoms with Crippen LogP contribution in [-0.2, 0) is 44.8 Å². The van der Waals surface area contributed by atoms with Crippen LogP contribution in [0.3, 0.4) is 0 Å². The zero-order chi connectivity index (χ0) is 65.4. The van der Waals surface area contributed by atoms with E-state index < -0.39 is 11.9 Å². The SMILES string of the molecule is O=C([O-])c1cccc(-c2cc(-c3ccccc3)[nH]n2)n1.O=C([O-])c1cccc(-c2cc(-c3ccccc3)[nH]n2)n1.[Ag+].[Ag+].c1ccc(-c2cc(-c3cccc(-c4cc(-c5ccccc5)n[nH]4)n3)[nH]n2)cc1.c1ccc(-c2cc(-c3cccc(-c4cc(-c5ccccc5)n[nH]4)n3)[nH]n2)cc1. The fourth-order valence-corrected chi connectivity index (χ4v) is 10.1. The number of aromatic nitrogens is 16. The molecule has 0 fully saturated rings. The normalized spacial score (nSPS) is 10.4. The van der Waals surface area contributed by atoms with Gasteiger partial charge in [0, 0.05) is 22.3 Å². The maximum absolute atomic E-state index is 10.8. The predicted molar refractivity (Wildman–Crippen MR) is 364 cm³/mol. The van der Waals surface area contributed by atoms with Crippen molar-refractivity contribution in [1.29, 1.82) is 0 Å². The van der Waals surface area contributed by atoms with E-state index in [1.165, 1.54) is 12.1 Å². The van der Waals surface area contributed by atoms with Gasteiger partial charge in [0.15, 0.2) is 0 Å². The van der Waals surface area contributed by atoms with Crippen molar-refractivity contribution < 1.29 is 64.6 Å². The maximum atomic E-state index is 10.8. The summed E-state index contributed by atoms with van der Waals surface area (Å²) in [6.45, 7) is 0. The van der Waals surface area contributed by atoms with Gasteiger partial charge >= 0.3 is 44.8 Å². The standard InChI is InChI=1S/2C23H17N5.2C15H11N3O2.2Ag/c2*1-3-8-16(9-4-1)20-14-22(27-25-20)18-12-7-13-19(24-18)23-15-21(26-28-23)17-10-5-2-6-11-17;2*19-15(20)12-8-4-7-11(16-12)14-9-13(17-18-14)10-5-2-1-3-6-10;;/h2*1-15H,(H,25,27)(H,26,28);2*1-9H,(H,17,18)(H,19,20);;/q;;;;2*+1/p-2. The summed E-state index contributed by atoms with van der Waals surface area (Å²) in [6.07, 6.45) is 0. The van der Waals surface area contributed by atoms with Crippen LogP contribution < -0.4 is 10.2 Å². The maximum Gasteiger partial charge on any atom is 1.00 e. The molecule has 0 aliphatic rings. The monoisotopic (exact) mass is 1470 g/mol. The molecular formula is C76H54Ag2N16O4. The van der Waals surface area contributed by atoms with Gasteiger partial charge in [-0.2, -0.15) is 30.6 Å². The van der Waals surface area contributed by atoms with E-state index in [9.17, 15) is 19.8 Å². The third-order valence-electron chi connectivity index (χ3n) is 15.0. The number of carboxylic acids is 2. The van der Waals surface area contributed by atoms with Crippen LogP contribution in [0.2, 0.25) is 0 Å². The number of pyridine rings is 4. The minimum absolute atomic E-state index is 0. The zero-order valence-electron chi connectivity index (χ0n) is 51.4. The number of aromatic amines is 6. The summed E-state index contributed by atoms with van der Waals surface area (Å²) in [6, 6.07) is 92.8. The molecule has 0 spiro atoms. The molecule has 98 heavy (non-hydrogen) atoms. The summed E-state index contributed by atoms with van der Waals surface area (Å²) in [4.78, 5) is 39.2. The van der Waals surface area contributed by atoms with Gasteiger partial charge in [-0.15, -0.1) is 0 Å². The summed E-state index contributed by atoms with van der Waals surface area (Å²) < 4.78 is 0. The molecule has 0 bridgehead atoms. The first-order chi connectivity index (χ1) is 47.2. The molecule has 0 radical (unpaired) electrons. The Morgan fingerprint density at radius 2 is 0.429 bits per heavy atom. The first-order valence-corrected chi connectivity index (χ1v) is 30.2. The van der Waals surface area contributed by atoms with Crippen molar-refractivity contribution in [2.24, 2.45) is 0 Å². The number of hydrogen-bond donors (Lipinski definition) is 6. The van der Waals surface area contributed by atoms with E-state index in [1.807, 2.05) is 255 Å². The summed E-state index contributed by atoms with van der Waals surface area (Å²) in [5.74, 6) is -2.60. The molecular weight excluding hydrogens is 1420 g/mol. The summed E-state index contributed by atoms with van der Waals surface area (Å²) >= 11 is 0. The predicted octanol–water partition coefficient (Wildman–Crippen LogP) is 13.4. The summed E-state index contributed by atoms with van der Waals surface area (Å²) in [5, 5.41) is 65.8. The quantitative estimate of drug-likeness (QED) is 0.0552. The molecule has 6 aromatic carbocycles. The molecule has 6 N–H and O–H groups in total. The van der Waals surface area contributed by atoms with E-state index in [0.29, 0.717) is 22.8 Å². The van der Waals surface area contributed by atoms with Gasteiger partial charge in [-0.25, -0.2) is 19.9 Å². The second-order valence-corrected chi connectivity index (χ2v) is 21.4. The first kappa shape index (κ1) is 67.0. The number of benzene rings is 6. The minimum Gasteiger partial charge on any atom is -0.543 e. The molecule has 16 aromatic rings. The minimum atomic E-state index is -1.30. The van der Waals surface area contributed by atoms with Gasteiger partial charge in [-0.1, -0.05) is 206 Å². The number of carboxylic acid groups (broad SMARTS) is 2. The molecule has 22 heteroatoms. The van der Waals surface area contributed by atoms with Gasteiger partial charge in [0.05, 0.1) is 114 Å². The number of rotatable bonds is 14. The topological polar surface area (TPSA) is 304 Å². The van der Waals surface area contributed by atoms with Gasteiger partial charge in [-0.05, 0) is 96.1 Å². The fraction of sp³-hybridized carbons (Fsp3) is 0. The van der Waals surface area contributed by atoms with Gasteiger partial charge in [0.1, 0.15) is 11.4 Å². The van der Waals surface area contributed by atoms with Crippen LogP contribution in [-0.4, -0.2) is 93.1 Å². The smallest absolute Gasteiger partial charge is 0.543 e. The molecule has 0 atom stereocenters. The van der Waals surface area contributed by atoms with Crippen LogP contribution >= 0.6 is 0 Å². The van der Waals surface area contributed by atoms with Gasteiger partial charge in [0.25, 0.3) is 0 Å². The van der Waals surface area contributed by atoms with Gasteiger partial charge < -0.3 is 19.8 Å². The number of aromatic carboxylic acids is 2. The Balaban J connectivity index is 0.000000133. The Morgan fingerprint density at radius 1 is 0.214 bits per heavy atom. The molecule has 10 heterocycles. The fourth-order valence-electron chi connectivity index (χ4n) is 10.1. The molecule has 20 nitrogen and oxygen atoms in total. The van der Waals surface area contributed by atoms with E-state index in [-0.39, 0.29) is 56.1 Å². The molecule has 16 rings (SSSR count). The number of nitrogens with one attached hydrogen (secondary N) is 6. The Bertz CT molecular complexity index is 4710. The number of H-pyrrole nitrogens is 6. The molecule has 0 aliphatic heterocycles. The number of nitrogens with zero attached hydrogens (tertiary/aromatic N) is 10.